The molecule has 0 aliphatic heterocycles. The van der Waals surface area contributed by atoms with Gasteiger partial charge >= 0.3 is 0 Å². The van der Waals surface area contributed by atoms with Gasteiger partial charge in [-0.25, -0.2) is 0 Å². The van der Waals surface area contributed by atoms with Gasteiger partial charge < -0.3 is 52.8 Å². The molecule has 1 amide bonds. The van der Waals surface area contributed by atoms with Gasteiger partial charge in [-0.3, -0.25) is 19.3 Å². The lowest BCUT2D eigenvalue weighted by Gasteiger charge is -2.55. The standard InChI is InChI=1S/C22H24N2O9.3H2O/c1-21(32)7-5-4-6-8(25)9(7)15(26)10-12(21)17(28)13-14(24(2)3)16(27)11(20(23)31)19(30)22(13,33)18(10)29;;;/h4-6,12-14,17,25-26,28,30,32-33H,1-3H3,(H2,23,31);3*1H2/t12-,13-,14+,17+,21-,22+;;;/m1.../s1. The monoisotopic (exact) mass is 514 g/mol. The number of phenols is 1. The lowest BCUT2D eigenvalue weighted by Crippen LogP contribution is -2.71. The third kappa shape index (κ3) is 3.42. The molecule has 0 heterocycles. The predicted molar refractivity (Wildman–Crippen MR) is 122 cm³/mol. The number of nitrogens with zero attached hydrogens (tertiary/aromatic N) is 1. The molecule has 0 spiro atoms. The van der Waals surface area contributed by atoms with Crippen molar-refractivity contribution >= 4 is 23.2 Å². The highest BCUT2D eigenvalue weighted by Crippen LogP contribution is 2.57. The summed E-state index contributed by atoms with van der Waals surface area (Å²) in [5.41, 5.74) is -1.78. The van der Waals surface area contributed by atoms with Crippen molar-refractivity contribution in [2.75, 3.05) is 14.1 Å². The fourth-order valence-corrected chi connectivity index (χ4v) is 5.60. The van der Waals surface area contributed by atoms with E-state index in [9.17, 15) is 45.0 Å². The minimum Gasteiger partial charge on any atom is -0.508 e. The smallest absolute Gasteiger partial charge is 0.255 e. The number of ketones is 2. The summed E-state index contributed by atoms with van der Waals surface area (Å²) in [6.07, 6.45) is -1.87. The summed E-state index contributed by atoms with van der Waals surface area (Å²) in [7, 11) is 2.80. The molecule has 0 saturated heterocycles. The van der Waals surface area contributed by atoms with Gasteiger partial charge in [0.15, 0.2) is 11.4 Å². The quantitative estimate of drug-likeness (QED) is 0.188. The number of rotatable bonds is 2. The van der Waals surface area contributed by atoms with Crippen molar-refractivity contribution in [2.45, 2.75) is 30.3 Å². The number of hydrogen-bond donors (Lipinski definition) is 7. The first-order valence-electron chi connectivity index (χ1n) is 10.1. The van der Waals surface area contributed by atoms with Crippen LogP contribution >= 0.6 is 0 Å². The van der Waals surface area contributed by atoms with Crippen LogP contribution in [0.4, 0.5) is 0 Å². The zero-order valence-corrected chi connectivity index (χ0v) is 19.5. The van der Waals surface area contributed by atoms with Crippen LogP contribution in [0, 0.1) is 11.8 Å². The highest BCUT2D eigenvalue weighted by Gasteiger charge is 2.70. The molecule has 14 nitrogen and oxygen atoms in total. The maximum Gasteiger partial charge on any atom is 0.255 e. The third-order valence-corrected chi connectivity index (χ3v) is 7.03. The van der Waals surface area contributed by atoms with Gasteiger partial charge in [0.05, 0.1) is 40.7 Å². The molecule has 0 aromatic heterocycles. The number of nitrogens with two attached hydrogens (primary N) is 1. The van der Waals surface area contributed by atoms with Crippen molar-refractivity contribution < 1.29 is 61.5 Å². The first kappa shape index (κ1) is 30.7. The molecule has 3 aliphatic carbocycles. The van der Waals surface area contributed by atoms with E-state index in [-0.39, 0.29) is 27.6 Å². The number of aliphatic hydroxyl groups is 5. The Hall–Kier alpha value is -3.37. The summed E-state index contributed by atoms with van der Waals surface area (Å²) in [4.78, 5) is 39.9. The Bertz CT molecular complexity index is 1190. The number of carbonyl (C=O) groups is 3. The number of carbonyl (C=O) groups excluding carboxylic acids is 3. The van der Waals surface area contributed by atoms with Crippen LogP contribution in [0.3, 0.4) is 0 Å². The van der Waals surface area contributed by atoms with Crippen LogP contribution in [0.1, 0.15) is 18.1 Å². The number of aromatic hydroxyl groups is 1. The van der Waals surface area contributed by atoms with Gasteiger partial charge in [-0.05, 0) is 32.6 Å². The van der Waals surface area contributed by atoms with Crippen LogP contribution in [0.5, 0.6) is 5.75 Å². The molecule has 3 aliphatic rings. The lowest BCUT2D eigenvalue weighted by atomic mass is 9.53. The molecule has 0 radical (unpaired) electrons. The van der Waals surface area contributed by atoms with Gasteiger partial charge in [0.25, 0.3) is 5.91 Å². The SMILES string of the molecule is CN(C)[C@@H]1C(=O)C(C(N)=O)=C(O)[C@@]2(O)C(=O)C3=C(O)c4c(O)cccc4[C@@](C)(O)[C@H]3[C@H](O)[C@@H]12.O.O.O. The van der Waals surface area contributed by atoms with Gasteiger partial charge in [-0.2, -0.15) is 0 Å². The highest BCUT2D eigenvalue weighted by atomic mass is 16.4. The molecular formula is C22H30N2O12. The summed E-state index contributed by atoms with van der Waals surface area (Å²) < 4.78 is 0. The molecule has 0 bridgehead atoms. The lowest BCUT2D eigenvalue weighted by molar-refractivity contribution is -0.181. The Balaban J connectivity index is 0.00000216. The van der Waals surface area contributed by atoms with Gasteiger partial charge in [0.1, 0.15) is 22.8 Å². The van der Waals surface area contributed by atoms with Gasteiger partial charge in [0.2, 0.25) is 5.78 Å². The van der Waals surface area contributed by atoms with Crippen molar-refractivity contribution in [2.24, 2.45) is 17.6 Å². The second kappa shape index (κ2) is 9.25. The zero-order chi connectivity index (χ0) is 24.8. The van der Waals surface area contributed by atoms with Crippen LogP contribution in [0.2, 0.25) is 0 Å². The summed E-state index contributed by atoms with van der Waals surface area (Å²) in [6, 6.07) is 2.50. The highest BCUT2D eigenvalue weighted by molar-refractivity contribution is 6.24. The van der Waals surface area contributed by atoms with Crippen LogP contribution in [0.15, 0.2) is 35.1 Å². The maximum atomic E-state index is 13.7. The zero-order valence-electron chi connectivity index (χ0n) is 19.5. The Kier molecular flexibility index (Phi) is 7.88. The molecule has 1 aromatic rings. The first-order chi connectivity index (χ1) is 15.2. The Morgan fingerprint density at radius 1 is 1.06 bits per heavy atom. The first-order valence-corrected chi connectivity index (χ1v) is 10.1. The van der Waals surface area contributed by atoms with Crippen molar-refractivity contribution in [1.29, 1.82) is 0 Å². The van der Waals surface area contributed by atoms with E-state index in [1.54, 1.807) is 0 Å². The number of benzene rings is 1. The van der Waals surface area contributed by atoms with E-state index in [4.69, 9.17) is 5.73 Å². The number of primary amides is 1. The fraction of sp³-hybridized carbons (Fsp3) is 0.409. The summed E-state index contributed by atoms with van der Waals surface area (Å²) in [5, 5.41) is 66.3. The number of Topliss-reactive ketones (excluding diaryl/α,β-unsaturated/α-hetero) is 2. The third-order valence-electron chi connectivity index (χ3n) is 7.03. The molecule has 4 rings (SSSR count). The molecule has 1 saturated carbocycles. The van der Waals surface area contributed by atoms with E-state index >= 15 is 0 Å². The molecule has 14 heteroatoms. The summed E-state index contributed by atoms with van der Waals surface area (Å²) in [6.45, 7) is 1.25. The van der Waals surface area contributed by atoms with Crippen molar-refractivity contribution in [3.63, 3.8) is 0 Å². The van der Waals surface area contributed by atoms with Crippen LogP contribution < -0.4 is 5.73 Å². The van der Waals surface area contributed by atoms with E-state index in [0.717, 1.165) is 0 Å². The number of phenolic OH excluding ortho intramolecular Hbond substituents is 1. The molecule has 14 N–H and O–H groups in total. The molecule has 0 unspecified atom stereocenters. The maximum absolute atomic E-state index is 13.7. The van der Waals surface area contributed by atoms with Gasteiger partial charge in [-0.1, -0.05) is 12.1 Å². The van der Waals surface area contributed by atoms with E-state index < -0.39 is 81.1 Å². The topological polar surface area (TPSA) is 296 Å². The summed E-state index contributed by atoms with van der Waals surface area (Å²) in [5.74, 6) is -9.67. The van der Waals surface area contributed by atoms with E-state index in [1.807, 2.05) is 0 Å². The van der Waals surface area contributed by atoms with Crippen LogP contribution in [0.25, 0.3) is 5.76 Å². The van der Waals surface area contributed by atoms with E-state index in [2.05, 4.69) is 0 Å². The van der Waals surface area contributed by atoms with Crippen LogP contribution in [-0.4, -0.2) is 101 Å². The number of hydrogen-bond acceptors (Lipinski definition) is 10. The molecule has 1 fully saturated rings. The number of likely N-dealkylation sites (N-methyl/N-ethyl adjacent to an activating group) is 1. The van der Waals surface area contributed by atoms with Crippen molar-refractivity contribution in [1.82, 2.24) is 4.90 Å². The average Bonchev–Trinajstić information content (AvgIpc) is 2.70. The Labute approximate surface area is 204 Å². The van der Waals surface area contributed by atoms with E-state index in [0.29, 0.717) is 0 Å². The molecule has 200 valence electrons. The number of amides is 1. The fourth-order valence-electron chi connectivity index (χ4n) is 5.60. The molecular weight excluding hydrogens is 484 g/mol. The van der Waals surface area contributed by atoms with Gasteiger partial charge in [0, 0.05) is 0 Å². The number of fused-ring (bicyclic) bond motifs is 3. The molecule has 36 heavy (non-hydrogen) atoms. The second-order valence-corrected chi connectivity index (χ2v) is 9.06. The largest absolute Gasteiger partial charge is 0.508 e. The Morgan fingerprint density at radius 3 is 2.11 bits per heavy atom. The summed E-state index contributed by atoms with van der Waals surface area (Å²) >= 11 is 0. The molecule has 1 aromatic carbocycles. The molecule has 6 atom stereocenters. The average molecular weight is 514 g/mol. The minimum absolute atomic E-state index is 0. The Morgan fingerprint density at radius 2 is 1.61 bits per heavy atom. The normalized spacial score (nSPS) is 33.0. The predicted octanol–water partition coefficient (Wildman–Crippen LogP) is -3.87. The second-order valence-electron chi connectivity index (χ2n) is 9.06. The number of aliphatic hydroxyl groups excluding tert-OH is 3. The van der Waals surface area contributed by atoms with E-state index in [1.165, 1.54) is 44.1 Å². The van der Waals surface area contributed by atoms with Gasteiger partial charge in [-0.15, -0.1) is 0 Å². The van der Waals surface area contributed by atoms with Crippen molar-refractivity contribution in [3.8, 4) is 5.75 Å². The minimum atomic E-state index is -3.02. The van der Waals surface area contributed by atoms with Crippen molar-refractivity contribution in [3.05, 3.63) is 46.2 Å². The van der Waals surface area contributed by atoms with Crippen LogP contribution in [-0.2, 0) is 20.0 Å².